The quantitative estimate of drug-likeness (QED) is 0.773. The van der Waals surface area contributed by atoms with Gasteiger partial charge in [0, 0.05) is 18.6 Å². The Morgan fingerprint density at radius 1 is 1.28 bits per heavy atom. The van der Waals surface area contributed by atoms with Crippen LogP contribution in [-0.2, 0) is 9.53 Å². The molecular weight excluding hydrogens is 312 g/mol. The smallest absolute Gasteiger partial charge is 0.306 e. The second kappa shape index (κ2) is 8.63. The van der Waals surface area contributed by atoms with Gasteiger partial charge in [0.1, 0.15) is 0 Å². The molecule has 3 rings (SSSR count). The average molecular weight is 342 g/mol. The number of rotatable bonds is 7. The molecule has 1 saturated heterocycles. The van der Waals surface area contributed by atoms with Gasteiger partial charge in [-0.15, -0.1) is 0 Å². The topological polar surface area (TPSA) is 41.6 Å². The van der Waals surface area contributed by atoms with Crippen LogP contribution < -0.4 is 5.32 Å². The molecule has 1 aromatic rings. The summed E-state index contributed by atoms with van der Waals surface area (Å²) in [6.45, 7) is 5.23. The summed E-state index contributed by atoms with van der Waals surface area (Å²) in [6.07, 6.45) is 6.43. The van der Waals surface area contributed by atoms with Crippen molar-refractivity contribution in [1.29, 1.82) is 0 Å². The Labute approximate surface area is 151 Å². The molecule has 0 spiro atoms. The van der Waals surface area contributed by atoms with Crippen molar-refractivity contribution in [2.75, 3.05) is 26.7 Å². The summed E-state index contributed by atoms with van der Waals surface area (Å²) in [6, 6.07) is 11.8. The lowest BCUT2D eigenvalue weighted by atomic mass is 10.0. The van der Waals surface area contributed by atoms with Crippen LogP contribution in [-0.4, -0.2) is 49.7 Å². The van der Waals surface area contributed by atoms with E-state index in [9.17, 15) is 4.79 Å². The Morgan fingerprint density at radius 2 is 2.00 bits per heavy atom. The molecule has 25 heavy (non-hydrogen) atoms. The number of nitrogens with zero attached hydrogens (tertiary/aromatic N) is 1. The minimum absolute atomic E-state index is 0.109. The second-order valence-electron chi connectivity index (χ2n) is 7.36. The number of carbonyl (C=O) groups is 1. The Bertz CT molecular complexity index is 591. The second-order valence-corrected chi connectivity index (χ2v) is 7.36. The molecule has 2 aliphatic rings. The zero-order valence-electron chi connectivity index (χ0n) is 15.4. The first-order valence-electron chi connectivity index (χ1n) is 9.44. The Kier molecular flexibility index (Phi) is 6.27. The summed E-state index contributed by atoms with van der Waals surface area (Å²) >= 11 is 0. The SMILES string of the molecule is COC(=O)CCN1CCC(NC2CC2/C(C)=C/c2ccccc2)CC1. The summed E-state index contributed by atoms with van der Waals surface area (Å²) < 4.78 is 4.72. The molecule has 0 aromatic heterocycles. The van der Waals surface area contributed by atoms with Crippen LogP contribution in [0.25, 0.3) is 6.08 Å². The largest absolute Gasteiger partial charge is 0.469 e. The van der Waals surface area contributed by atoms with E-state index >= 15 is 0 Å². The van der Waals surface area contributed by atoms with Crippen molar-refractivity contribution in [3.05, 3.63) is 41.5 Å². The molecule has 2 unspecified atom stereocenters. The highest BCUT2D eigenvalue weighted by Crippen LogP contribution is 2.38. The van der Waals surface area contributed by atoms with Crippen molar-refractivity contribution >= 4 is 12.0 Å². The third-order valence-electron chi connectivity index (χ3n) is 5.47. The van der Waals surface area contributed by atoms with Gasteiger partial charge in [-0.05, 0) is 50.8 Å². The van der Waals surface area contributed by atoms with Crippen LogP contribution >= 0.6 is 0 Å². The highest BCUT2D eigenvalue weighted by molar-refractivity contribution is 5.69. The number of nitrogens with one attached hydrogen (secondary N) is 1. The van der Waals surface area contributed by atoms with E-state index in [0.29, 0.717) is 24.4 Å². The minimum Gasteiger partial charge on any atom is -0.469 e. The summed E-state index contributed by atoms with van der Waals surface area (Å²) in [4.78, 5) is 13.6. The molecule has 4 heteroatoms. The molecule has 2 atom stereocenters. The summed E-state index contributed by atoms with van der Waals surface area (Å²) in [5.74, 6) is 0.583. The maximum absolute atomic E-state index is 11.2. The van der Waals surface area contributed by atoms with Gasteiger partial charge in [-0.2, -0.15) is 0 Å². The van der Waals surface area contributed by atoms with E-state index in [4.69, 9.17) is 4.74 Å². The van der Waals surface area contributed by atoms with Crippen LogP contribution in [0.15, 0.2) is 35.9 Å². The van der Waals surface area contributed by atoms with Crippen molar-refractivity contribution in [1.82, 2.24) is 10.2 Å². The monoisotopic (exact) mass is 342 g/mol. The first kappa shape index (κ1) is 18.2. The molecule has 1 saturated carbocycles. The van der Waals surface area contributed by atoms with E-state index in [1.54, 1.807) is 0 Å². The van der Waals surface area contributed by atoms with Gasteiger partial charge in [0.2, 0.25) is 0 Å². The van der Waals surface area contributed by atoms with E-state index in [1.807, 2.05) is 0 Å². The number of esters is 1. The van der Waals surface area contributed by atoms with E-state index < -0.39 is 0 Å². The van der Waals surface area contributed by atoms with E-state index in [0.717, 1.165) is 19.6 Å². The molecule has 0 amide bonds. The zero-order valence-corrected chi connectivity index (χ0v) is 15.4. The van der Waals surface area contributed by atoms with Crippen LogP contribution in [0.3, 0.4) is 0 Å². The van der Waals surface area contributed by atoms with Crippen LogP contribution in [0.2, 0.25) is 0 Å². The molecule has 0 radical (unpaired) electrons. The number of benzene rings is 1. The number of ether oxygens (including phenoxy) is 1. The van der Waals surface area contributed by atoms with E-state index in [1.165, 1.54) is 37.5 Å². The zero-order chi connectivity index (χ0) is 17.6. The number of likely N-dealkylation sites (tertiary alicyclic amines) is 1. The number of hydrogen-bond acceptors (Lipinski definition) is 4. The van der Waals surface area contributed by atoms with Crippen molar-refractivity contribution in [3.63, 3.8) is 0 Å². The molecule has 4 nitrogen and oxygen atoms in total. The van der Waals surface area contributed by atoms with Gasteiger partial charge >= 0.3 is 5.97 Å². The third kappa shape index (κ3) is 5.41. The molecular formula is C21H30N2O2. The first-order valence-corrected chi connectivity index (χ1v) is 9.44. The van der Waals surface area contributed by atoms with Crippen LogP contribution in [0.4, 0.5) is 0 Å². The summed E-state index contributed by atoms with van der Waals surface area (Å²) in [7, 11) is 1.46. The molecule has 136 valence electrons. The van der Waals surface area contributed by atoms with Crippen molar-refractivity contribution in [2.24, 2.45) is 5.92 Å². The van der Waals surface area contributed by atoms with Crippen LogP contribution in [0, 0.1) is 5.92 Å². The van der Waals surface area contributed by atoms with Crippen LogP contribution in [0.5, 0.6) is 0 Å². The first-order chi connectivity index (χ1) is 12.2. The summed E-state index contributed by atoms with van der Waals surface area (Å²) in [5, 5.41) is 3.85. The lowest BCUT2D eigenvalue weighted by Crippen LogP contribution is -2.44. The van der Waals surface area contributed by atoms with Crippen molar-refractivity contribution in [2.45, 2.75) is 44.7 Å². The molecule has 2 fully saturated rings. The van der Waals surface area contributed by atoms with Gasteiger partial charge in [-0.25, -0.2) is 0 Å². The number of methoxy groups -OCH3 is 1. The van der Waals surface area contributed by atoms with Crippen molar-refractivity contribution < 1.29 is 9.53 Å². The predicted octanol–water partition coefficient (Wildman–Crippen LogP) is 3.10. The van der Waals surface area contributed by atoms with Gasteiger partial charge in [-0.1, -0.05) is 42.0 Å². The van der Waals surface area contributed by atoms with Gasteiger partial charge in [0.05, 0.1) is 13.5 Å². The van der Waals surface area contributed by atoms with Crippen molar-refractivity contribution in [3.8, 4) is 0 Å². The highest BCUT2D eigenvalue weighted by Gasteiger charge is 2.39. The van der Waals surface area contributed by atoms with Gasteiger partial charge < -0.3 is 15.0 Å². The van der Waals surface area contributed by atoms with E-state index in [2.05, 4.69) is 53.5 Å². The minimum atomic E-state index is -0.109. The third-order valence-corrected chi connectivity index (χ3v) is 5.47. The van der Waals surface area contributed by atoms with Gasteiger partial charge in [-0.3, -0.25) is 4.79 Å². The van der Waals surface area contributed by atoms with Gasteiger partial charge in [0.15, 0.2) is 0 Å². The molecule has 1 aromatic carbocycles. The number of carbonyl (C=O) groups excluding carboxylic acids is 1. The fraction of sp³-hybridized carbons (Fsp3) is 0.571. The molecule has 1 aliphatic heterocycles. The normalized spacial score (nSPS) is 25.0. The highest BCUT2D eigenvalue weighted by atomic mass is 16.5. The predicted molar refractivity (Wildman–Crippen MR) is 101 cm³/mol. The lowest BCUT2D eigenvalue weighted by molar-refractivity contribution is -0.141. The number of piperidine rings is 1. The van der Waals surface area contributed by atoms with Crippen LogP contribution in [0.1, 0.15) is 38.2 Å². The molecule has 0 bridgehead atoms. The fourth-order valence-electron chi connectivity index (χ4n) is 3.78. The Hall–Kier alpha value is -1.65. The Morgan fingerprint density at radius 3 is 2.68 bits per heavy atom. The summed E-state index contributed by atoms with van der Waals surface area (Å²) in [5.41, 5.74) is 2.78. The number of hydrogen-bond donors (Lipinski definition) is 1. The Balaban J connectivity index is 1.38. The molecule has 1 N–H and O–H groups in total. The average Bonchev–Trinajstić information content (AvgIpc) is 3.41. The molecule has 1 heterocycles. The van der Waals surface area contributed by atoms with Gasteiger partial charge in [0.25, 0.3) is 0 Å². The van der Waals surface area contributed by atoms with E-state index in [-0.39, 0.29) is 5.97 Å². The molecule has 1 aliphatic carbocycles. The fourth-order valence-corrected chi connectivity index (χ4v) is 3.78. The maximum atomic E-state index is 11.2. The standard InChI is InChI=1S/C21H30N2O2/c1-16(14-17-6-4-3-5-7-17)19-15-20(19)22-18-8-11-23(12-9-18)13-10-21(24)25-2/h3-7,14,18-20,22H,8-13,15H2,1-2H3/b16-14+. The lowest BCUT2D eigenvalue weighted by Gasteiger charge is -2.32. The maximum Gasteiger partial charge on any atom is 0.306 e.